The Labute approximate surface area is 76.9 Å². The monoisotopic (exact) mass is 182 g/mol. The summed E-state index contributed by atoms with van der Waals surface area (Å²) in [6.45, 7) is 3.54. The number of carbonyl (C=O) groups is 1. The summed E-state index contributed by atoms with van der Waals surface area (Å²) in [5, 5.41) is 6.67. The van der Waals surface area contributed by atoms with E-state index in [0.29, 0.717) is 5.82 Å². The van der Waals surface area contributed by atoms with Gasteiger partial charge < -0.3 is 11.1 Å². The molecule has 72 valence electrons. The summed E-state index contributed by atoms with van der Waals surface area (Å²) in [7, 11) is 1.82. The molecule has 3 N–H and O–H groups in total. The molecule has 0 saturated heterocycles. The molecule has 1 aromatic rings. The van der Waals surface area contributed by atoms with Crippen LogP contribution in [0, 0.1) is 6.92 Å². The van der Waals surface area contributed by atoms with E-state index in [4.69, 9.17) is 5.73 Å². The van der Waals surface area contributed by atoms with Crippen LogP contribution in [-0.4, -0.2) is 21.7 Å². The fourth-order valence-corrected chi connectivity index (χ4v) is 0.862. The SMILES string of the molecule is Cc1cc(NC(=O)[C@H](C)N)nn1C. The number of hydrogen-bond donors (Lipinski definition) is 2. The highest BCUT2D eigenvalue weighted by molar-refractivity contribution is 5.93. The lowest BCUT2D eigenvalue weighted by Gasteiger charge is -2.03. The van der Waals surface area contributed by atoms with Crippen molar-refractivity contribution in [1.29, 1.82) is 0 Å². The Balaban J connectivity index is 2.70. The Kier molecular flexibility index (Phi) is 2.67. The molecule has 0 aliphatic carbocycles. The molecular weight excluding hydrogens is 168 g/mol. The number of aryl methyl sites for hydroxylation is 2. The molecule has 1 heterocycles. The van der Waals surface area contributed by atoms with Gasteiger partial charge in [-0.3, -0.25) is 9.48 Å². The number of aromatic nitrogens is 2. The Hall–Kier alpha value is -1.36. The number of nitrogens with one attached hydrogen (secondary N) is 1. The fraction of sp³-hybridized carbons (Fsp3) is 0.500. The summed E-state index contributed by atoms with van der Waals surface area (Å²) in [5.41, 5.74) is 6.37. The van der Waals surface area contributed by atoms with Crippen molar-refractivity contribution in [2.75, 3.05) is 5.32 Å². The van der Waals surface area contributed by atoms with Gasteiger partial charge >= 0.3 is 0 Å². The van der Waals surface area contributed by atoms with Crippen LogP contribution in [0.25, 0.3) is 0 Å². The van der Waals surface area contributed by atoms with Gasteiger partial charge in [0.15, 0.2) is 5.82 Å². The Morgan fingerprint density at radius 3 is 2.77 bits per heavy atom. The van der Waals surface area contributed by atoms with Gasteiger partial charge in [0.05, 0.1) is 6.04 Å². The topological polar surface area (TPSA) is 72.9 Å². The smallest absolute Gasteiger partial charge is 0.242 e. The summed E-state index contributed by atoms with van der Waals surface area (Å²) in [4.78, 5) is 11.1. The van der Waals surface area contributed by atoms with Crippen molar-refractivity contribution in [3.8, 4) is 0 Å². The molecule has 0 aliphatic rings. The molecule has 13 heavy (non-hydrogen) atoms. The van der Waals surface area contributed by atoms with E-state index in [2.05, 4.69) is 10.4 Å². The molecule has 0 aliphatic heterocycles. The maximum atomic E-state index is 11.1. The maximum Gasteiger partial charge on any atom is 0.242 e. The van der Waals surface area contributed by atoms with Crippen molar-refractivity contribution >= 4 is 11.7 Å². The van der Waals surface area contributed by atoms with Crippen LogP contribution < -0.4 is 11.1 Å². The molecule has 1 aromatic heterocycles. The Morgan fingerprint density at radius 1 is 1.77 bits per heavy atom. The van der Waals surface area contributed by atoms with Crippen molar-refractivity contribution in [3.05, 3.63) is 11.8 Å². The largest absolute Gasteiger partial charge is 0.320 e. The van der Waals surface area contributed by atoms with Crippen LogP contribution >= 0.6 is 0 Å². The average Bonchev–Trinajstić information content (AvgIpc) is 2.31. The molecule has 0 unspecified atom stereocenters. The lowest BCUT2D eigenvalue weighted by atomic mass is 10.3. The third-order valence-corrected chi connectivity index (χ3v) is 1.78. The van der Waals surface area contributed by atoms with Crippen LogP contribution in [0.15, 0.2) is 6.07 Å². The number of hydrogen-bond acceptors (Lipinski definition) is 3. The third kappa shape index (κ3) is 2.29. The van der Waals surface area contributed by atoms with Crippen molar-refractivity contribution in [3.63, 3.8) is 0 Å². The summed E-state index contributed by atoms with van der Waals surface area (Å²) >= 11 is 0. The molecule has 0 spiro atoms. The van der Waals surface area contributed by atoms with E-state index in [9.17, 15) is 4.79 Å². The zero-order chi connectivity index (χ0) is 10.0. The Bertz CT molecular complexity index is 296. The van der Waals surface area contributed by atoms with Crippen molar-refractivity contribution in [2.24, 2.45) is 12.8 Å². The van der Waals surface area contributed by atoms with E-state index in [0.717, 1.165) is 5.69 Å². The van der Waals surface area contributed by atoms with Gasteiger partial charge in [-0.1, -0.05) is 0 Å². The minimum atomic E-state index is -0.512. The minimum absolute atomic E-state index is 0.224. The first-order valence-corrected chi connectivity index (χ1v) is 4.08. The van der Waals surface area contributed by atoms with Gasteiger partial charge in [-0.05, 0) is 13.8 Å². The second-order valence-corrected chi connectivity index (χ2v) is 3.07. The number of anilines is 1. The van der Waals surface area contributed by atoms with Crippen LogP contribution in [0.5, 0.6) is 0 Å². The molecular formula is C8H14N4O. The van der Waals surface area contributed by atoms with Crippen LogP contribution in [-0.2, 0) is 11.8 Å². The van der Waals surface area contributed by atoms with E-state index in [1.165, 1.54) is 0 Å². The molecule has 0 aromatic carbocycles. The zero-order valence-corrected chi connectivity index (χ0v) is 8.03. The van der Waals surface area contributed by atoms with E-state index < -0.39 is 6.04 Å². The maximum absolute atomic E-state index is 11.1. The Morgan fingerprint density at radius 2 is 2.38 bits per heavy atom. The summed E-state index contributed by atoms with van der Waals surface area (Å²) < 4.78 is 1.69. The molecule has 1 amide bonds. The normalized spacial score (nSPS) is 12.6. The second kappa shape index (κ2) is 3.57. The lowest BCUT2D eigenvalue weighted by Crippen LogP contribution is -2.32. The first-order valence-electron chi connectivity index (χ1n) is 4.08. The van der Waals surface area contributed by atoms with Gasteiger partial charge in [0.25, 0.3) is 0 Å². The average molecular weight is 182 g/mol. The van der Waals surface area contributed by atoms with Gasteiger partial charge in [0, 0.05) is 18.8 Å². The molecule has 5 nitrogen and oxygen atoms in total. The van der Waals surface area contributed by atoms with E-state index in [1.807, 2.05) is 14.0 Å². The van der Waals surface area contributed by atoms with Crippen LogP contribution in [0.2, 0.25) is 0 Å². The van der Waals surface area contributed by atoms with Crippen LogP contribution in [0.3, 0.4) is 0 Å². The number of carbonyl (C=O) groups excluding carboxylic acids is 1. The predicted molar refractivity (Wildman–Crippen MR) is 50.2 cm³/mol. The molecule has 0 fully saturated rings. The molecule has 5 heteroatoms. The predicted octanol–water partition coefficient (Wildman–Crippen LogP) is 0.0142. The first kappa shape index (κ1) is 9.73. The second-order valence-electron chi connectivity index (χ2n) is 3.07. The van der Waals surface area contributed by atoms with Crippen molar-refractivity contribution in [1.82, 2.24) is 9.78 Å². The van der Waals surface area contributed by atoms with Crippen molar-refractivity contribution < 1.29 is 4.79 Å². The molecule has 1 rings (SSSR count). The van der Waals surface area contributed by atoms with Gasteiger partial charge in [-0.15, -0.1) is 0 Å². The zero-order valence-electron chi connectivity index (χ0n) is 8.03. The highest BCUT2D eigenvalue weighted by Gasteiger charge is 2.09. The van der Waals surface area contributed by atoms with Crippen LogP contribution in [0.1, 0.15) is 12.6 Å². The van der Waals surface area contributed by atoms with Gasteiger partial charge in [0.1, 0.15) is 0 Å². The van der Waals surface area contributed by atoms with E-state index >= 15 is 0 Å². The van der Waals surface area contributed by atoms with Gasteiger partial charge in [-0.25, -0.2) is 0 Å². The first-order chi connectivity index (χ1) is 6.00. The lowest BCUT2D eigenvalue weighted by molar-refractivity contribution is -0.117. The van der Waals surface area contributed by atoms with Crippen molar-refractivity contribution in [2.45, 2.75) is 19.9 Å². The summed E-state index contributed by atoms with van der Waals surface area (Å²) in [6, 6.07) is 1.28. The number of rotatable bonds is 2. The molecule has 0 bridgehead atoms. The quantitative estimate of drug-likeness (QED) is 0.677. The van der Waals surface area contributed by atoms with E-state index in [-0.39, 0.29) is 5.91 Å². The van der Waals surface area contributed by atoms with E-state index in [1.54, 1.807) is 17.7 Å². The van der Waals surface area contributed by atoms with Crippen LogP contribution in [0.4, 0.5) is 5.82 Å². The minimum Gasteiger partial charge on any atom is -0.320 e. The molecule has 1 atom stereocenters. The highest BCUT2D eigenvalue weighted by Crippen LogP contribution is 2.06. The third-order valence-electron chi connectivity index (χ3n) is 1.78. The molecule has 0 radical (unpaired) electrons. The van der Waals surface area contributed by atoms with Gasteiger partial charge in [-0.2, -0.15) is 5.10 Å². The standard InChI is InChI=1S/C8H14N4O/c1-5-4-7(11-12(5)3)10-8(13)6(2)9/h4,6H,9H2,1-3H3,(H,10,11,13)/t6-/m0/s1. The number of nitrogens with two attached hydrogens (primary N) is 1. The van der Waals surface area contributed by atoms with Gasteiger partial charge in [0.2, 0.25) is 5.91 Å². The number of amides is 1. The summed E-state index contributed by atoms with van der Waals surface area (Å²) in [6.07, 6.45) is 0. The fourth-order valence-electron chi connectivity index (χ4n) is 0.862. The highest BCUT2D eigenvalue weighted by atomic mass is 16.2. The number of nitrogens with zero attached hydrogens (tertiary/aromatic N) is 2. The summed E-state index contributed by atoms with van der Waals surface area (Å²) in [5.74, 6) is 0.320. The molecule has 0 saturated carbocycles.